The summed E-state index contributed by atoms with van der Waals surface area (Å²) in [5, 5.41) is 23.0. The van der Waals surface area contributed by atoms with Crippen molar-refractivity contribution in [3.05, 3.63) is 0 Å². The highest BCUT2D eigenvalue weighted by Crippen LogP contribution is 2.19. The van der Waals surface area contributed by atoms with Crippen molar-refractivity contribution in [2.75, 3.05) is 18.8 Å². The molecule has 1 aliphatic rings. The molecular weight excluding hydrogens is 442 g/mol. The molecule has 0 spiro atoms. The molecule has 1 heterocycles. The molecule has 0 aromatic carbocycles. The van der Waals surface area contributed by atoms with Crippen LogP contribution in [0.2, 0.25) is 0 Å². The normalized spacial score (nSPS) is 18.5. The molecule has 12 nitrogen and oxygen atoms in total. The van der Waals surface area contributed by atoms with Crippen molar-refractivity contribution in [1.82, 2.24) is 15.5 Å². The van der Waals surface area contributed by atoms with Gasteiger partial charge in [-0.2, -0.15) is 12.6 Å². The van der Waals surface area contributed by atoms with Crippen molar-refractivity contribution in [1.29, 1.82) is 0 Å². The first-order chi connectivity index (χ1) is 15.1. The molecule has 0 bridgehead atoms. The van der Waals surface area contributed by atoms with Crippen molar-refractivity contribution in [2.45, 2.75) is 69.1 Å². The Hall–Kier alpha value is -2.38. The Bertz CT molecular complexity index is 693. The minimum atomic E-state index is -1.19. The van der Waals surface area contributed by atoms with Gasteiger partial charge in [0.1, 0.15) is 18.1 Å². The van der Waals surface area contributed by atoms with Gasteiger partial charge in [-0.15, -0.1) is 0 Å². The van der Waals surface area contributed by atoms with Gasteiger partial charge < -0.3 is 37.2 Å². The van der Waals surface area contributed by atoms with E-state index < -0.39 is 53.8 Å². The van der Waals surface area contributed by atoms with Gasteiger partial charge in [-0.25, -0.2) is 4.79 Å². The Morgan fingerprint density at radius 1 is 1.06 bits per heavy atom. The monoisotopic (exact) mass is 475 g/mol. The third-order valence-corrected chi connectivity index (χ3v) is 5.57. The van der Waals surface area contributed by atoms with Crippen LogP contribution < -0.4 is 22.1 Å². The van der Waals surface area contributed by atoms with Crippen LogP contribution in [0.15, 0.2) is 0 Å². The largest absolute Gasteiger partial charge is 0.481 e. The Balaban J connectivity index is 2.73. The van der Waals surface area contributed by atoms with Crippen LogP contribution in [-0.4, -0.2) is 87.8 Å². The van der Waals surface area contributed by atoms with Gasteiger partial charge >= 0.3 is 11.9 Å². The number of unbranched alkanes of at least 4 members (excludes halogenated alkanes) is 1. The number of carboxylic acids is 2. The van der Waals surface area contributed by atoms with Crippen LogP contribution in [0.4, 0.5) is 0 Å². The van der Waals surface area contributed by atoms with Gasteiger partial charge in [-0.3, -0.25) is 19.2 Å². The highest BCUT2D eigenvalue weighted by atomic mass is 32.1. The fraction of sp³-hybridized carbons (Fsp3) is 0.737. The van der Waals surface area contributed by atoms with E-state index in [9.17, 15) is 29.1 Å². The topological polar surface area (TPSA) is 205 Å². The lowest BCUT2D eigenvalue weighted by Gasteiger charge is -2.28. The number of carbonyl (C=O) groups is 5. The number of carbonyl (C=O) groups excluding carboxylic acids is 3. The highest BCUT2D eigenvalue weighted by Gasteiger charge is 2.37. The average Bonchev–Trinajstić information content (AvgIpc) is 3.24. The summed E-state index contributed by atoms with van der Waals surface area (Å²) < 4.78 is 0. The predicted octanol–water partition coefficient (Wildman–Crippen LogP) is -1.72. The summed E-state index contributed by atoms with van der Waals surface area (Å²) in [6.45, 7) is 0.698. The fourth-order valence-corrected chi connectivity index (χ4v) is 3.66. The molecule has 1 fully saturated rings. The van der Waals surface area contributed by atoms with Crippen LogP contribution in [0, 0.1) is 0 Å². The van der Waals surface area contributed by atoms with Crippen molar-refractivity contribution < 1.29 is 34.2 Å². The lowest BCUT2D eigenvalue weighted by atomic mass is 10.1. The van der Waals surface area contributed by atoms with Gasteiger partial charge in [0.05, 0.1) is 6.04 Å². The first-order valence-electron chi connectivity index (χ1n) is 10.5. The maximum atomic E-state index is 12.8. The quantitative estimate of drug-likeness (QED) is 0.113. The fourth-order valence-electron chi connectivity index (χ4n) is 3.40. The molecule has 0 radical (unpaired) electrons. The first-order valence-corrected chi connectivity index (χ1v) is 11.2. The van der Waals surface area contributed by atoms with Gasteiger partial charge in [0.25, 0.3) is 0 Å². The van der Waals surface area contributed by atoms with E-state index in [-0.39, 0.29) is 31.6 Å². The van der Waals surface area contributed by atoms with Crippen LogP contribution in [-0.2, 0) is 24.0 Å². The number of likely N-dealkylation sites (tertiary alicyclic amines) is 1. The Morgan fingerprint density at radius 2 is 1.75 bits per heavy atom. The minimum Gasteiger partial charge on any atom is -0.481 e. The lowest BCUT2D eigenvalue weighted by molar-refractivity contribution is -0.143. The molecule has 0 aromatic rings. The van der Waals surface area contributed by atoms with E-state index in [1.54, 1.807) is 0 Å². The Morgan fingerprint density at radius 3 is 2.31 bits per heavy atom. The summed E-state index contributed by atoms with van der Waals surface area (Å²) in [6, 6.07) is -4.12. The van der Waals surface area contributed by atoms with Gasteiger partial charge in [-0.05, 0) is 45.1 Å². The van der Waals surface area contributed by atoms with Gasteiger partial charge in [-0.1, -0.05) is 0 Å². The Kier molecular flexibility index (Phi) is 12.0. The zero-order chi connectivity index (χ0) is 24.3. The molecular formula is C19H33N5O7S. The summed E-state index contributed by atoms with van der Waals surface area (Å²) in [5.74, 6) is -4.14. The van der Waals surface area contributed by atoms with E-state index in [4.69, 9.17) is 16.6 Å². The van der Waals surface area contributed by atoms with Crippen LogP contribution in [0.25, 0.3) is 0 Å². The molecule has 4 unspecified atom stereocenters. The molecule has 0 aliphatic carbocycles. The number of nitrogens with zero attached hydrogens (tertiary/aromatic N) is 1. The predicted molar refractivity (Wildman–Crippen MR) is 118 cm³/mol. The van der Waals surface area contributed by atoms with Gasteiger partial charge in [0.2, 0.25) is 17.7 Å². The number of hydrogen-bond donors (Lipinski definition) is 7. The third kappa shape index (κ3) is 8.63. The Labute approximate surface area is 191 Å². The second kappa shape index (κ2) is 13.9. The average molecular weight is 476 g/mol. The van der Waals surface area contributed by atoms with Crippen molar-refractivity contribution in [3.8, 4) is 0 Å². The standard InChI is InChI=1S/C19H33N5O7S/c20-8-2-1-4-12(19(30)31)22-16(27)13(10-32)23-17(28)14-5-3-9-24(14)18(29)11(21)6-7-15(25)26/h11-14,32H,1-10,20-21H2,(H,22,27)(H,23,28)(H,25,26)(H,30,31). The van der Waals surface area contributed by atoms with E-state index in [0.29, 0.717) is 32.2 Å². The molecule has 32 heavy (non-hydrogen) atoms. The molecule has 0 aromatic heterocycles. The molecule has 3 amide bonds. The van der Waals surface area contributed by atoms with Gasteiger partial charge in [0, 0.05) is 18.7 Å². The number of carboxylic acid groups (broad SMARTS) is 2. The molecule has 13 heteroatoms. The molecule has 1 saturated heterocycles. The van der Waals surface area contributed by atoms with Crippen molar-refractivity contribution >= 4 is 42.3 Å². The zero-order valence-corrected chi connectivity index (χ0v) is 18.8. The lowest BCUT2D eigenvalue weighted by Crippen LogP contribution is -2.57. The zero-order valence-electron chi connectivity index (χ0n) is 17.9. The van der Waals surface area contributed by atoms with Crippen LogP contribution in [0.1, 0.15) is 44.9 Å². The number of aliphatic carboxylic acids is 2. The summed E-state index contributed by atoms with van der Waals surface area (Å²) in [6.07, 6.45) is 1.93. The van der Waals surface area contributed by atoms with E-state index in [2.05, 4.69) is 23.3 Å². The maximum Gasteiger partial charge on any atom is 0.326 e. The van der Waals surface area contributed by atoms with Gasteiger partial charge in [0.15, 0.2) is 0 Å². The number of nitrogens with two attached hydrogens (primary N) is 2. The van der Waals surface area contributed by atoms with Crippen LogP contribution in [0.3, 0.4) is 0 Å². The molecule has 8 N–H and O–H groups in total. The summed E-state index contributed by atoms with van der Waals surface area (Å²) in [7, 11) is 0. The van der Waals surface area contributed by atoms with Crippen molar-refractivity contribution in [2.24, 2.45) is 11.5 Å². The smallest absolute Gasteiger partial charge is 0.326 e. The van der Waals surface area contributed by atoms with E-state index in [1.807, 2.05) is 0 Å². The summed E-state index contributed by atoms with van der Waals surface area (Å²) in [4.78, 5) is 61.3. The summed E-state index contributed by atoms with van der Waals surface area (Å²) >= 11 is 4.08. The van der Waals surface area contributed by atoms with Crippen LogP contribution in [0.5, 0.6) is 0 Å². The van der Waals surface area contributed by atoms with E-state index in [0.717, 1.165) is 0 Å². The number of amides is 3. The molecule has 0 saturated carbocycles. The third-order valence-electron chi connectivity index (χ3n) is 5.20. The second-order valence-electron chi connectivity index (χ2n) is 7.66. The maximum absolute atomic E-state index is 12.8. The summed E-state index contributed by atoms with van der Waals surface area (Å²) in [5.41, 5.74) is 11.2. The number of nitrogens with one attached hydrogen (secondary N) is 2. The molecule has 182 valence electrons. The SMILES string of the molecule is NCCCCC(NC(=O)C(CS)NC(=O)C1CCCN1C(=O)C(N)CCC(=O)O)C(=O)O. The minimum absolute atomic E-state index is 0.0542. The van der Waals surface area contributed by atoms with E-state index >= 15 is 0 Å². The number of thiol groups is 1. The highest BCUT2D eigenvalue weighted by molar-refractivity contribution is 7.80. The molecule has 4 atom stereocenters. The second-order valence-corrected chi connectivity index (χ2v) is 8.02. The molecule has 1 aliphatic heterocycles. The van der Waals surface area contributed by atoms with Crippen LogP contribution >= 0.6 is 12.6 Å². The van der Waals surface area contributed by atoms with Crippen molar-refractivity contribution in [3.63, 3.8) is 0 Å². The molecule has 1 rings (SSSR count). The first kappa shape index (κ1) is 27.7. The van der Waals surface area contributed by atoms with E-state index in [1.165, 1.54) is 4.90 Å². The number of hydrogen-bond acceptors (Lipinski definition) is 8. The number of rotatable bonds is 14.